The second-order valence-corrected chi connectivity index (χ2v) is 3.01. The van der Waals surface area contributed by atoms with Gasteiger partial charge >= 0.3 is 0 Å². The predicted molar refractivity (Wildman–Crippen MR) is 56.4 cm³/mol. The molecule has 0 aliphatic rings. The molecule has 15 heavy (non-hydrogen) atoms. The van der Waals surface area contributed by atoms with Crippen LogP contribution in [0.15, 0.2) is 42.7 Å². The number of aromatic nitrogens is 2. The van der Waals surface area contributed by atoms with Gasteiger partial charge in [-0.15, -0.1) is 0 Å². The lowest BCUT2D eigenvalue weighted by atomic mass is 10.2. The average molecular weight is 200 g/mol. The van der Waals surface area contributed by atoms with Gasteiger partial charge in [0.1, 0.15) is 0 Å². The molecule has 0 aliphatic carbocycles. The summed E-state index contributed by atoms with van der Waals surface area (Å²) in [5.41, 5.74) is 1.42. The van der Waals surface area contributed by atoms with E-state index in [9.17, 15) is 4.79 Å². The lowest BCUT2D eigenvalue weighted by Gasteiger charge is -2.03. The summed E-state index contributed by atoms with van der Waals surface area (Å²) in [6.07, 6.45) is 3.51. The smallest absolute Gasteiger partial charge is 0.251 e. The molecule has 1 aromatic carbocycles. The molecule has 0 unspecified atom stereocenters. The summed E-state index contributed by atoms with van der Waals surface area (Å²) in [6, 6.07) is 9.00. The summed E-state index contributed by atoms with van der Waals surface area (Å²) in [5.74, 6) is -0.205. The van der Waals surface area contributed by atoms with E-state index < -0.39 is 0 Å². The standard InChI is InChI=1S/C11H10N3O/c1-12-11(15)9-4-2-5-10(8-9)14-7-3-6-13-14/h2-8H,1H2,(H,12,15). The van der Waals surface area contributed by atoms with Crippen molar-refractivity contribution in [1.82, 2.24) is 15.1 Å². The van der Waals surface area contributed by atoms with Gasteiger partial charge in [-0.25, -0.2) is 4.68 Å². The van der Waals surface area contributed by atoms with Gasteiger partial charge in [0, 0.05) is 25.0 Å². The van der Waals surface area contributed by atoms with Crippen molar-refractivity contribution in [2.45, 2.75) is 0 Å². The number of hydrogen-bond acceptors (Lipinski definition) is 2. The third kappa shape index (κ3) is 1.88. The summed E-state index contributed by atoms with van der Waals surface area (Å²) in [7, 11) is 3.33. The number of amides is 1. The van der Waals surface area contributed by atoms with Gasteiger partial charge in [0.2, 0.25) is 0 Å². The fourth-order valence-corrected chi connectivity index (χ4v) is 1.31. The first kappa shape index (κ1) is 9.45. The maximum Gasteiger partial charge on any atom is 0.251 e. The van der Waals surface area contributed by atoms with Crippen LogP contribution in [0.1, 0.15) is 10.4 Å². The van der Waals surface area contributed by atoms with Gasteiger partial charge in [-0.05, 0) is 24.3 Å². The van der Waals surface area contributed by atoms with Crippen LogP contribution >= 0.6 is 0 Å². The number of carbonyl (C=O) groups is 1. The third-order valence-electron chi connectivity index (χ3n) is 2.04. The Morgan fingerprint density at radius 3 is 2.93 bits per heavy atom. The van der Waals surface area contributed by atoms with Crippen LogP contribution in [0.4, 0.5) is 0 Å². The maximum atomic E-state index is 11.3. The van der Waals surface area contributed by atoms with Gasteiger partial charge in [-0.2, -0.15) is 5.10 Å². The van der Waals surface area contributed by atoms with E-state index in [1.807, 2.05) is 24.4 Å². The van der Waals surface area contributed by atoms with Gasteiger partial charge in [0.25, 0.3) is 5.91 Å². The van der Waals surface area contributed by atoms with Crippen LogP contribution in [0.3, 0.4) is 0 Å². The first-order valence-electron chi connectivity index (χ1n) is 4.49. The first-order chi connectivity index (χ1) is 7.31. The number of hydrogen-bond donors (Lipinski definition) is 1. The third-order valence-corrected chi connectivity index (χ3v) is 2.04. The van der Waals surface area contributed by atoms with E-state index in [1.165, 1.54) is 0 Å². The van der Waals surface area contributed by atoms with Gasteiger partial charge in [-0.3, -0.25) is 4.79 Å². The topological polar surface area (TPSA) is 46.9 Å². The summed E-state index contributed by atoms with van der Waals surface area (Å²) < 4.78 is 1.69. The number of rotatable bonds is 2. The normalized spacial score (nSPS) is 9.93. The second kappa shape index (κ2) is 3.96. The quantitative estimate of drug-likeness (QED) is 0.796. The fraction of sp³-hybridized carbons (Fsp3) is 0. The van der Waals surface area contributed by atoms with E-state index in [0.29, 0.717) is 5.56 Å². The zero-order valence-electron chi connectivity index (χ0n) is 8.05. The Morgan fingerprint density at radius 2 is 2.27 bits per heavy atom. The zero-order valence-corrected chi connectivity index (χ0v) is 8.05. The number of benzene rings is 1. The molecular formula is C11H10N3O. The van der Waals surface area contributed by atoms with E-state index in [1.54, 1.807) is 23.0 Å². The van der Waals surface area contributed by atoms with Crippen molar-refractivity contribution in [1.29, 1.82) is 0 Å². The molecule has 0 aliphatic heterocycles. The van der Waals surface area contributed by atoms with Crippen LogP contribution in [0.25, 0.3) is 5.69 Å². The van der Waals surface area contributed by atoms with Crippen LogP contribution in [-0.2, 0) is 0 Å². The Labute approximate surface area is 87.5 Å². The maximum absolute atomic E-state index is 11.3. The van der Waals surface area contributed by atoms with Crippen molar-refractivity contribution in [3.63, 3.8) is 0 Å². The van der Waals surface area contributed by atoms with Gasteiger partial charge < -0.3 is 5.32 Å². The molecule has 0 saturated carbocycles. The van der Waals surface area contributed by atoms with Crippen molar-refractivity contribution in [3.05, 3.63) is 55.3 Å². The van der Waals surface area contributed by atoms with Crippen molar-refractivity contribution >= 4 is 5.91 Å². The molecule has 0 bridgehead atoms. The molecule has 0 atom stereocenters. The molecule has 0 saturated heterocycles. The molecule has 4 nitrogen and oxygen atoms in total. The van der Waals surface area contributed by atoms with E-state index in [-0.39, 0.29) is 5.91 Å². The fourth-order valence-electron chi connectivity index (χ4n) is 1.31. The summed E-state index contributed by atoms with van der Waals surface area (Å²) in [5, 5.41) is 6.42. The van der Waals surface area contributed by atoms with Crippen LogP contribution in [0.5, 0.6) is 0 Å². The molecule has 4 heteroatoms. The number of nitrogens with one attached hydrogen (secondary N) is 1. The molecular weight excluding hydrogens is 190 g/mol. The lowest BCUT2D eigenvalue weighted by Crippen LogP contribution is -2.15. The molecule has 1 aromatic heterocycles. The van der Waals surface area contributed by atoms with E-state index in [0.717, 1.165) is 5.69 Å². The largest absolute Gasteiger partial charge is 0.350 e. The molecule has 1 amide bonds. The minimum absolute atomic E-state index is 0.205. The predicted octanol–water partition coefficient (Wildman–Crippen LogP) is 1.39. The zero-order chi connectivity index (χ0) is 10.7. The molecule has 1 N–H and O–H groups in total. The lowest BCUT2D eigenvalue weighted by molar-refractivity contribution is 0.0969. The highest BCUT2D eigenvalue weighted by Gasteiger charge is 2.04. The second-order valence-electron chi connectivity index (χ2n) is 3.01. The first-order valence-corrected chi connectivity index (χ1v) is 4.49. The van der Waals surface area contributed by atoms with Gasteiger partial charge in [-0.1, -0.05) is 6.07 Å². The van der Waals surface area contributed by atoms with Crippen LogP contribution in [0.2, 0.25) is 0 Å². The van der Waals surface area contributed by atoms with E-state index in [2.05, 4.69) is 17.5 Å². The molecule has 2 rings (SSSR count). The Balaban J connectivity index is 2.39. The minimum atomic E-state index is -0.205. The summed E-state index contributed by atoms with van der Waals surface area (Å²) >= 11 is 0. The summed E-state index contributed by atoms with van der Waals surface area (Å²) in [4.78, 5) is 11.3. The Morgan fingerprint density at radius 1 is 1.40 bits per heavy atom. The highest BCUT2D eigenvalue weighted by atomic mass is 16.1. The molecule has 0 fully saturated rings. The van der Waals surface area contributed by atoms with Gasteiger partial charge in [0.15, 0.2) is 0 Å². The molecule has 1 radical (unpaired) electrons. The van der Waals surface area contributed by atoms with Crippen molar-refractivity contribution in [2.24, 2.45) is 0 Å². The Kier molecular flexibility index (Phi) is 2.49. The molecule has 1 heterocycles. The Bertz CT molecular complexity index is 462. The van der Waals surface area contributed by atoms with Crippen molar-refractivity contribution < 1.29 is 4.79 Å². The van der Waals surface area contributed by atoms with Crippen molar-refractivity contribution in [3.8, 4) is 5.69 Å². The molecule has 0 spiro atoms. The van der Waals surface area contributed by atoms with Crippen LogP contribution in [-0.4, -0.2) is 15.7 Å². The average Bonchev–Trinajstić information content (AvgIpc) is 2.82. The highest BCUT2D eigenvalue weighted by Crippen LogP contribution is 2.09. The van der Waals surface area contributed by atoms with Crippen LogP contribution in [0, 0.1) is 7.05 Å². The molecule has 75 valence electrons. The number of carbonyl (C=O) groups excluding carboxylic acids is 1. The Hall–Kier alpha value is -2.10. The summed E-state index contributed by atoms with van der Waals surface area (Å²) in [6.45, 7) is 0. The highest BCUT2D eigenvalue weighted by molar-refractivity contribution is 5.94. The van der Waals surface area contributed by atoms with E-state index in [4.69, 9.17) is 0 Å². The minimum Gasteiger partial charge on any atom is -0.350 e. The monoisotopic (exact) mass is 200 g/mol. The van der Waals surface area contributed by atoms with Crippen LogP contribution < -0.4 is 5.32 Å². The van der Waals surface area contributed by atoms with E-state index >= 15 is 0 Å². The van der Waals surface area contributed by atoms with Gasteiger partial charge in [0.05, 0.1) is 5.69 Å². The number of nitrogens with zero attached hydrogens (tertiary/aromatic N) is 2. The molecule has 2 aromatic rings. The SMILES string of the molecule is [CH2]NC(=O)c1cccc(-n2cccn2)c1. The van der Waals surface area contributed by atoms with Crippen molar-refractivity contribution in [2.75, 3.05) is 0 Å².